The Labute approximate surface area is 254 Å². The van der Waals surface area contributed by atoms with Gasteiger partial charge in [-0.2, -0.15) is 16.9 Å². The number of halogens is 1. The number of thioether (sulfide) groups is 1. The summed E-state index contributed by atoms with van der Waals surface area (Å²) in [6.45, 7) is 13.0. The number of Topliss-reactive ketones (excluding diaryl/α,β-unsaturated/α-hetero) is 1. The van der Waals surface area contributed by atoms with Crippen LogP contribution in [0.15, 0.2) is 53.1 Å². The second-order valence-electron chi connectivity index (χ2n) is 10.1. The average molecular weight is 605 g/mol. The molecule has 0 aliphatic heterocycles. The number of anilines is 1. The fourth-order valence-electron chi connectivity index (χ4n) is 4.99. The largest absolute Gasteiger partial charge is 0.511 e. The number of amides is 1. The summed E-state index contributed by atoms with van der Waals surface area (Å²) in [5.41, 5.74) is 4.00. The number of aliphatic hydroxyl groups excluding tert-OH is 1. The van der Waals surface area contributed by atoms with Crippen molar-refractivity contribution in [1.82, 2.24) is 9.78 Å². The van der Waals surface area contributed by atoms with E-state index in [2.05, 4.69) is 24.1 Å². The zero-order chi connectivity index (χ0) is 30.4. The van der Waals surface area contributed by atoms with Crippen LogP contribution in [0.3, 0.4) is 0 Å². The summed E-state index contributed by atoms with van der Waals surface area (Å²) < 4.78 is 1.70. The minimum atomic E-state index is -0.130. The number of benzene rings is 1. The van der Waals surface area contributed by atoms with Crippen molar-refractivity contribution in [2.24, 2.45) is 11.1 Å². The van der Waals surface area contributed by atoms with Gasteiger partial charge in [0.1, 0.15) is 24.9 Å². The molecule has 1 aliphatic carbocycles. The predicted octanol–water partition coefficient (Wildman–Crippen LogP) is 7.23. The first-order valence-corrected chi connectivity index (χ1v) is 15.9. The van der Waals surface area contributed by atoms with Crippen molar-refractivity contribution in [2.75, 3.05) is 23.1 Å². The number of carbonyl (C=O) groups is 2. The smallest absolute Gasteiger partial charge is 0.243 e. The van der Waals surface area contributed by atoms with Crippen LogP contribution >= 0.6 is 23.4 Å². The van der Waals surface area contributed by atoms with Crippen LogP contribution in [0.1, 0.15) is 70.9 Å². The van der Waals surface area contributed by atoms with Gasteiger partial charge in [-0.05, 0) is 62.5 Å². The lowest BCUT2D eigenvalue weighted by atomic mass is 9.82. The van der Waals surface area contributed by atoms with Crippen molar-refractivity contribution in [3.05, 3.63) is 59.1 Å². The van der Waals surface area contributed by atoms with Gasteiger partial charge in [0, 0.05) is 30.5 Å². The molecule has 1 heterocycles. The standard InChI is InChI=1S/C17H29NO3S.C14H16ClN3O/c1-5-8-14(18-21-6-2)17-15(19)10-13(11-16(17)20)9-12(4)22-7-3;1-11-5-3-6-12(2)14(11)18(13(19)9-15)10-17-8-4-7-16-17/h12-13,19H,5-11H2,1-4H3;3-8H,9-10H2,1-2H3/b18-14+;. The molecule has 2 unspecified atom stereocenters. The van der Waals surface area contributed by atoms with Crippen LogP contribution in [-0.2, 0) is 21.1 Å². The lowest BCUT2D eigenvalue weighted by molar-refractivity contribution is -0.117. The molecule has 0 fully saturated rings. The third-order valence-electron chi connectivity index (χ3n) is 6.69. The summed E-state index contributed by atoms with van der Waals surface area (Å²) in [5.74, 6) is 1.34. The Hall–Kier alpha value is -2.78. The highest BCUT2D eigenvalue weighted by Gasteiger charge is 2.31. The number of hydrogen-bond donors (Lipinski definition) is 1. The van der Waals surface area contributed by atoms with E-state index in [1.807, 2.05) is 69.9 Å². The van der Waals surface area contributed by atoms with Gasteiger partial charge in [0.05, 0.1) is 17.0 Å². The number of nitrogens with zero attached hydrogens (tertiary/aromatic N) is 4. The summed E-state index contributed by atoms with van der Waals surface area (Å²) in [4.78, 5) is 31.3. The van der Waals surface area contributed by atoms with Crippen molar-refractivity contribution in [1.29, 1.82) is 0 Å². The van der Waals surface area contributed by atoms with Crippen molar-refractivity contribution < 1.29 is 19.5 Å². The average Bonchev–Trinajstić information content (AvgIpc) is 3.44. The molecule has 1 amide bonds. The van der Waals surface area contributed by atoms with Gasteiger partial charge in [0.15, 0.2) is 5.78 Å². The highest BCUT2D eigenvalue weighted by atomic mass is 35.5. The van der Waals surface area contributed by atoms with Gasteiger partial charge in [0.25, 0.3) is 0 Å². The van der Waals surface area contributed by atoms with Crippen LogP contribution in [0, 0.1) is 19.8 Å². The zero-order valence-corrected chi connectivity index (χ0v) is 26.8. The van der Waals surface area contributed by atoms with Crippen LogP contribution < -0.4 is 4.90 Å². The highest BCUT2D eigenvalue weighted by Crippen LogP contribution is 2.33. The molecule has 3 rings (SSSR count). The van der Waals surface area contributed by atoms with Crippen molar-refractivity contribution in [3.8, 4) is 0 Å². The molecule has 1 aromatic heterocycles. The molecule has 226 valence electrons. The number of rotatable bonds is 13. The first-order valence-electron chi connectivity index (χ1n) is 14.3. The maximum atomic E-state index is 12.5. The summed E-state index contributed by atoms with van der Waals surface area (Å²) in [7, 11) is 0. The van der Waals surface area contributed by atoms with Crippen molar-refractivity contribution >= 4 is 46.5 Å². The molecule has 0 saturated carbocycles. The van der Waals surface area contributed by atoms with E-state index >= 15 is 0 Å². The molecule has 0 saturated heterocycles. The molecular weight excluding hydrogens is 560 g/mol. The molecule has 0 spiro atoms. The second-order valence-corrected chi connectivity index (χ2v) is 12.1. The first kappa shape index (κ1) is 34.4. The Morgan fingerprint density at radius 2 is 1.95 bits per heavy atom. The van der Waals surface area contributed by atoms with Crippen LogP contribution in [0.2, 0.25) is 0 Å². The van der Waals surface area contributed by atoms with Crippen LogP contribution in [0.25, 0.3) is 0 Å². The maximum Gasteiger partial charge on any atom is 0.243 e. The number of oxime groups is 1. The monoisotopic (exact) mass is 604 g/mol. The lowest BCUT2D eigenvalue weighted by Crippen LogP contribution is -2.35. The van der Waals surface area contributed by atoms with Crippen LogP contribution in [0.5, 0.6) is 0 Å². The second kappa shape index (κ2) is 17.9. The summed E-state index contributed by atoms with van der Waals surface area (Å²) >= 11 is 7.62. The molecule has 0 radical (unpaired) electrons. The highest BCUT2D eigenvalue weighted by molar-refractivity contribution is 7.99. The number of allylic oxidation sites excluding steroid dienone is 2. The maximum absolute atomic E-state index is 12.5. The van der Waals surface area contributed by atoms with E-state index in [1.165, 1.54) is 0 Å². The minimum Gasteiger partial charge on any atom is -0.511 e. The Morgan fingerprint density at radius 1 is 1.24 bits per heavy atom. The Kier molecular flexibility index (Phi) is 15.0. The van der Waals surface area contributed by atoms with Gasteiger partial charge in [-0.25, -0.2) is 0 Å². The number of aliphatic hydroxyl groups is 1. The molecule has 1 aromatic carbocycles. The lowest BCUT2D eigenvalue weighted by Gasteiger charge is -2.25. The molecule has 8 nitrogen and oxygen atoms in total. The van der Waals surface area contributed by atoms with E-state index in [0.29, 0.717) is 49.1 Å². The van der Waals surface area contributed by atoms with Crippen LogP contribution in [0.4, 0.5) is 5.69 Å². The number of carbonyl (C=O) groups excluding carboxylic acids is 2. The van der Waals surface area contributed by atoms with E-state index in [-0.39, 0.29) is 29.2 Å². The van der Waals surface area contributed by atoms with E-state index in [9.17, 15) is 14.7 Å². The normalized spacial score (nSPS) is 16.2. The number of ketones is 1. The van der Waals surface area contributed by atoms with Crippen LogP contribution in [-0.4, -0.2) is 55.8 Å². The van der Waals surface area contributed by atoms with E-state index in [1.54, 1.807) is 15.8 Å². The van der Waals surface area contributed by atoms with Gasteiger partial charge >= 0.3 is 0 Å². The SMILES string of the molecule is CCC/C(=N\OCC)C1=C(O)CC(CC(C)SCC)CC1=O.Cc1cccc(C)c1N(Cn1cccn1)C(=O)CCl. The molecule has 0 bridgehead atoms. The number of para-hydroxylation sites is 1. The third-order valence-corrected chi connectivity index (χ3v) is 8.01. The topological polar surface area (TPSA) is 97.0 Å². The zero-order valence-electron chi connectivity index (χ0n) is 25.2. The number of aromatic nitrogens is 2. The summed E-state index contributed by atoms with van der Waals surface area (Å²) in [6.07, 6.45) is 7.07. The predicted molar refractivity (Wildman–Crippen MR) is 170 cm³/mol. The molecule has 2 atom stereocenters. The molecule has 2 aromatic rings. The van der Waals surface area contributed by atoms with E-state index in [4.69, 9.17) is 16.4 Å². The van der Waals surface area contributed by atoms with E-state index in [0.717, 1.165) is 35.4 Å². The van der Waals surface area contributed by atoms with Crippen molar-refractivity contribution in [2.45, 2.75) is 85.6 Å². The van der Waals surface area contributed by atoms with Gasteiger partial charge < -0.3 is 9.94 Å². The first-order chi connectivity index (χ1) is 19.7. The quantitative estimate of drug-likeness (QED) is 0.147. The Bertz CT molecular complexity index is 1160. The fraction of sp³-hybridized carbons (Fsp3) is 0.548. The number of aryl methyl sites for hydroxylation is 2. The van der Waals surface area contributed by atoms with Gasteiger partial charge in [0.2, 0.25) is 5.91 Å². The molecule has 41 heavy (non-hydrogen) atoms. The van der Waals surface area contributed by atoms with E-state index < -0.39 is 0 Å². The van der Waals surface area contributed by atoms with Crippen molar-refractivity contribution in [3.63, 3.8) is 0 Å². The summed E-state index contributed by atoms with van der Waals surface area (Å²) in [6, 6.07) is 7.78. The number of alkyl halides is 1. The molecular formula is C31H45ClN4O4S. The van der Waals surface area contributed by atoms with Gasteiger partial charge in [-0.1, -0.05) is 50.5 Å². The summed E-state index contributed by atoms with van der Waals surface area (Å²) in [5, 5.41) is 19.1. The minimum absolute atomic E-state index is 0.00866. The Balaban J connectivity index is 0.000000289. The van der Waals surface area contributed by atoms with Gasteiger partial charge in [-0.15, -0.1) is 11.6 Å². The molecule has 1 N–H and O–H groups in total. The van der Waals surface area contributed by atoms with Gasteiger partial charge in [-0.3, -0.25) is 19.2 Å². The molecule has 1 aliphatic rings. The third kappa shape index (κ3) is 10.5. The molecule has 10 heteroatoms. The number of hydrogen-bond acceptors (Lipinski definition) is 7. The Morgan fingerprint density at radius 3 is 2.49 bits per heavy atom. The fourth-order valence-corrected chi connectivity index (χ4v) is 6.11.